The molecule has 0 saturated heterocycles. The fraction of sp³-hybridized carbons (Fsp3) is 0.182. The zero-order valence-electron chi connectivity index (χ0n) is 18.0. The molecule has 0 fully saturated rings. The maximum atomic E-state index is 13.2. The van der Waals surface area contributed by atoms with Crippen LogP contribution in [0.15, 0.2) is 69.2 Å². The van der Waals surface area contributed by atoms with Gasteiger partial charge < -0.3 is 10.4 Å². The van der Waals surface area contributed by atoms with Gasteiger partial charge in [0, 0.05) is 14.1 Å². The van der Waals surface area contributed by atoms with Crippen molar-refractivity contribution in [3.05, 3.63) is 86.6 Å². The number of aliphatic imine (C=N–C) groups is 1. The van der Waals surface area contributed by atoms with Crippen molar-refractivity contribution in [1.29, 1.82) is 0 Å². The standard InChI is InChI=1S/C22H19F3N4O4S/c1-28-19(31)17(20(32)29(2)21(28)33)18(26-13-8-4-3-5-9-13)34-12-16(30)27-15-11-7-6-10-14(15)22(23,24)25/h3-11,31H,12H2,1-2H3,(H,27,30). The van der Waals surface area contributed by atoms with Gasteiger partial charge in [-0.1, -0.05) is 42.1 Å². The molecule has 0 spiro atoms. The second kappa shape index (κ2) is 10.00. The Labute approximate surface area is 195 Å². The van der Waals surface area contributed by atoms with Gasteiger partial charge in [0.25, 0.3) is 5.56 Å². The predicted octanol–water partition coefficient (Wildman–Crippen LogP) is 3.26. The molecule has 0 aliphatic heterocycles. The summed E-state index contributed by atoms with van der Waals surface area (Å²) in [5.41, 5.74) is -2.95. The Morgan fingerprint density at radius 1 is 1.03 bits per heavy atom. The molecule has 1 heterocycles. The van der Waals surface area contributed by atoms with Crippen molar-refractivity contribution < 1.29 is 23.1 Å². The van der Waals surface area contributed by atoms with E-state index in [1.165, 1.54) is 26.2 Å². The average molecular weight is 492 g/mol. The Bertz CT molecular complexity index is 1370. The molecule has 1 amide bonds. The highest BCUT2D eigenvalue weighted by Crippen LogP contribution is 2.34. The minimum Gasteiger partial charge on any atom is -0.494 e. The summed E-state index contributed by atoms with van der Waals surface area (Å²) in [4.78, 5) is 41.7. The van der Waals surface area contributed by atoms with Crippen LogP contribution in [0.5, 0.6) is 5.88 Å². The SMILES string of the molecule is Cn1c(O)c(C(=Nc2ccccc2)SCC(=O)Nc2ccccc2C(F)(F)F)c(=O)n(C)c1=O. The van der Waals surface area contributed by atoms with Crippen LogP contribution in [-0.4, -0.2) is 30.9 Å². The van der Waals surface area contributed by atoms with E-state index in [-0.39, 0.29) is 10.6 Å². The number of anilines is 1. The molecule has 2 aromatic carbocycles. The first-order valence-corrected chi connectivity index (χ1v) is 10.7. The molecular formula is C22H19F3N4O4S. The summed E-state index contributed by atoms with van der Waals surface area (Å²) < 4.78 is 41.2. The molecule has 8 nitrogen and oxygen atoms in total. The molecule has 0 bridgehead atoms. The van der Waals surface area contributed by atoms with E-state index in [0.717, 1.165) is 33.0 Å². The van der Waals surface area contributed by atoms with Crippen LogP contribution in [-0.2, 0) is 25.1 Å². The van der Waals surface area contributed by atoms with Crippen LogP contribution >= 0.6 is 11.8 Å². The molecule has 178 valence electrons. The number of hydrogen-bond acceptors (Lipinski definition) is 6. The zero-order valence-corrected chi connectivity index (χ0v) is 18.8. The molecule has 34 heavy (non-hydrogen) atoms. The zero-order chi connectivity index (χ0) is 25.0. The number of thioether (sulfide) groups is 1. The van der Waals surface area contributed by atoms with Crippen molar-refractivity contribution >= 4 is 34.1 Å². The molecule has 1 aromatic heterocycles. The van der Waals surface area contributed by atoms with Crippen LogP contribution < -0.4 is 16.6 Å². The molecule has 0 aliphatic carbocycles. The molecule has 0 atom stereocenters. The quantitative estimate of drug-likeness (QED) is 0.420. The fourth-order valence-electron chi connectivity index (χ4n) is 2.96. The maximum absolute atomic E-state index is 13.2. The third kappa shape index (κ3) is 5.39. The Kier molecular flexibility index (Phi) is 7.30. The van der Waals surface area contributed by atoms with E-state index >= 15 is 0 Å². The van der Waals surface area contributed by atoms with Crippen molar-refractivity contribution in [3.8, 4) is 5.88 Å². The summed E-state index contributed by atoms with van der Waals surface area (Å²) in [6.07, 6.45) is -4.66. The second-order valence-electron chi connectivity index (χ2n) is 7.04. The van der Waals surface area contributed by atoms with Crippen LogP contribution in [0.3, 0.4) is 0 Å². The van der Waals surface area contributed by atoms with E-state index in [0.29, 0.717) is 5.69 Å². The number of halogens is 3. The van der Waals surface area contributed by atoms with Crippen LogP contribution in [0.2, 0.25) is 0 Å². The van der Waals surface area contributed by atoms with Gasteiger partial charge in [0.15, 0.2) is 0 Å². The number of benzene rings is 2. The minimum absolute atomic E-state index is 0.0841. The van der Waals surface area contributed by atoms with E-state index in [1.807, 2.05) is 0 Å². The Hall–Kier alpha value is -3.80. The minimum atomic E-state index is -4.66. The number of para-hydroxylation sites is 2. The summed E-state index contributed by atoms with van der Waals surface area (Å²) in [6.45, 7) is 0. The average Bonchev–Trinajstić information content (AvgIpc) is 2.80. The first-order chi connectivity index (χ1) is 16.0. The van der Waals surface area contributed by atoms with Crippen LogP contribution in [0.4, 0.5) is 24.5 Å². The van der Waals surface area contributed by atoms with E-state index in [1.54, 1.807) is 30.3 Å². The summed E-state index contributed by atoms with van der Waals surface area (Å²) in [5, 5.41) is 12.6. The highest BCUT2D eigenvalue weighted by atomic mass is 32.2. The Morgan fingerprint density at radius 2 is 1.65 bits per heavy atom. The molecule has 0 aliphatic rings. The molecular weight excluding hydrogens is 473 g/mol. The lowest BCUT2D eigenvalue weighted by molar-refractivity contribution is -0.137. The third-order valence-electron chi connectivity index (χ3n) is 4.68. The van der Waals surface area contributed by atoms with E-state index in [9.17, 15) is 32.7 Å². The Balaban J connectivity index is 1.96. The van der Waals surface area contributed by atoms with Crippen LogP contribution in [0.1, 0.15) is 11.1 Å². The van der Waals surface area contributed by atoms with Crippen molar-refractivity contribution in [3.63, 3.8) is 0 Å². The number of aromatic hydroxyl groups is 1. The maximum Gasteiger partial charge on any atom is 0.418 e. The molecule has 2 N–H and O–H groups in total. The largest absolute Gasteiger partial charge is 0.494 e. The van der Waals surface area contributed by atoms with Crippen LogP contribution in [0.25, 0.3) is 0 Å². The van der Waals surface area contributed by atoms with Gasteiger partial charge >= 0.3 is 11.9 Å². The Morgan fingerprint density at radius 3 is 2.29 bits per heavy atom. The number of hydrogen-bond donors (Lipinski definition) is 2. The number of rotatable bonds is 5. The molecule has 12 heteroatoms. The molecule has 0 unspecified atom stereocenters. The highest BCUT2D eigenvalue weighted by Gasteiger charge is 2.33. The topological polar surface area (TPSA) is 106 Å². The number of nitrogens with one attached hydrogen (secondary N) is 1. The molecule has 3 rings (SSSR count). The van der Waals surface area contributed by atoms with Crippen LogP contribution in [0, 0.1) is 0 Å². The number of alkyl halides is 3. The van der Waals surface area contributed by atoms with Gasteiger partial charge in [0.1, 0.15) is 10.6 Å². The number of aromatic nitrogens is 2. The van der Waals surface area contributed by atoms with Gasteiger partial charge in [-0.25, -0.2) is 9.79 Å². The van der Waals surface area contributed by atoms with E-state index in [4.69, 9.17) is 0 Å². The number of carbonyl (C=O) groups excluding carboxylic acids is 1. The summed E-state index contributed by atoms with van der Waals surface area (Å²) in [6, 6.07) is 12.9. The summed E-state index contributed by atoms with van der Waals surface area (Å²) in [5.74, 6) is -1.87. The molecule has 0 radical (unpaired) electrons. The van der Waals surface area contributed by atoms with Gasteiger partial charge in [-0.15, -0.1) is 0 Å². The number of nitrogens with zero attached hydrogens (tertiary/aromatic N) is 3. The molecule has 3 aromatic rings. The van der Waals surface area contributed by atoms with Gasteiger partial charge in [-0.2, -0.15) is 13.2 Å². The lowest BCUT2D eigenvalue weighted by atomic mass is 10.1. The van der Waals surface area contributed by atoms with Crippen molar-refractivity contribution in [2.45, 2.75) is 6.18 Å². The monoisotopic (exact) mass is 492 g/mol. The summed E-state index contributed by atoms with van der Waals surface area (Å²) in [7, 11) is 2.48. The number of amides is 1. The lowest BCUT2D eigenvalue weighted by Gasteiger charge is -2.14. The highest BCUT2D eigenvalue weighted by molar-refractivity contribution is 8.15. The first kappa shape index (κ1) is 24.8. The molecule has 0 saturated carbocycles. The fourth-order valence-corrected chi connectivity index (χ4v) is 3.79. The van der Waals surface area contributed by atoms with Gasteiger partial charge in [-0.05, 0) is 24.3 Å². The van der Waals surface area contributed by atoms with Gasteiger partial charge in [0.05, 0.1) is 22.7 Å². The third-order valence-corrected chi connectivity index (χ3v) is 5.66. The summed E-state index contributed by atoms with van der Waals surface area (Å²) >= 11 is 0.730. The smallest absolute Gasteiger partial charge is 0.418 e. The first-order valence-electron chi connectivity index (χ1n) is 9.72. The van der Waals surface area contributed by atoms with E-state index in [2.05, 4.69) is 10.3 Å². The van der Waals surface area contributed by atoms with Gasteiger partial charge in [-0.3, -0.25) is 18.7 Å². The van der Waals surface area contributed by atoms with E-state index < -0.39 is 46.2 Å². The predicted molar refractivity (Wildman–Crippen MR) is 124 cm³/mol. The number of carbonyl (C=O) groups is 1. The lowest BCUT2D eigenvalue weighted by Crippen LogP contribution is -2.39. The van der Waals surface area contributed by atoms with Crippen molar-refractivity contribution in [2.24, 2.45) is 19.1 Å². The van der Waals surface area contributed by atoms with Crippen molar-refractivity contribution in [2.75, 3.05) is 11.1 Å². The van der Waals surface area contributed by atoms with Crippen molar-refractivity contribution in [1.82, 2.24) is 9.13 Å². The normalized spacial score (nSPS) is 12.0. The van der Waals surface area contributed by atoms with Gasteiger partial charge in [0.2, 0.25) is 11.8 Å². The second-order valence-corrected chi connectivity index (χ2v) is 8.00.